The Morgan fingerprint density at radius 1 is 1.21 bits per heavy atom. The fraction of sp³-hybridized carbons (Fsp3) is 0.350. The summed E-state index contributed by atoms with van der Waals surface area (Å²) in [6, 6.07) is -0.310. The van der Waals surface area contributed by atoms with Crippen LogP contribution < -0.4 is 5.32 Å². The number of nitrogens with zero attached hydrogens (tertiary/aromatic N) is 6. The van der Waals surface area contributed by atoms with Crippen molar-refractivity contribution in [1.82, 2.24) is 29.7 Å². The summed E-state index contributed by atoms with van der Waals surface area (Å²) in [5, 5.41) is 18.8. The van der Waals surface area contributed by atoms with Crippen molar-refractivity contribution in [2.24, 2.45) is 7.05 Å². The molecule has 1 atom stereocenters. The highest BCUT2D eigenvalue weighted by molar-refractivity contribution is 7.19. The lowest BCUT2D eigenvalue weighted by Gasteiger charge is -2.18. The fourth-order valence-corrected chi connectivity index (χ4v) is 5.07. The number of hydrogen-bond donors (Lipinski definition) is 2. The molecule has 2 N–H and O–H groups in total. The van der Waals surface area contributed by atoms with Crippen molar-refractivity contribution in [1.29, 1.82) is 0 Å². The second-order valence-electron chi connectivity index (χ2n) is 7.20. The molecule has 0 fully saturated rings. The van der Waals surface area contributed by atoms with Crippen molar-refractivity contribution in [2.75, 3.05) is 11.9 Å². The van der Waals surface area contributed by atoms with Gasteiger partial charge in [-0.25, -0.2) is 15.0 Å². The molecule has 29 heavy (non-hydrogen) atoms. The number of hydrogen-bond acceptors (Lipinski definition) is 8. The minimum absolute atomic E-state index is 0.0655. The third-order valence-electron chi connectivity index (χ3n) is 5.23. The van der Waals surface area contributed by atoms with Crippen LogP contribution in [0.1, 0.15) is 34.9 Å². The third-order valence-corrected chi connectivity index (χ3v) is 6.41. The van der Waals surface area contributed by atoms with E-state index in [9.17, 15) is 5.11 Å². The number of aryl methyl sites for hydroxylation is 3. The van der Waals surface area contributed by atoms with Crippen LogP contribution in [0.25, 0.3) is 21.7 Å². The minimum Gasteiger partial charge on any atom is -0.394 e. The Hall–Kier alpha value is -2.91. The quantitative estimate of drug-likeness (QED) is 0.524. The second kappa shape index (κ2) is 7.49. The molecule has 0 saturated carbocycles. The smallest absolute Gasteiger partial charge is 0.183 e. The Kier molecular flexibility index (Phi) is 4.69. The molecule has 0 aliphatic heterocycles. The largest absolute Gasteiger partial charge is 0.394 e. The summed E-state index contributed by atoms with van der Waals surface area (Å²) in [4.78, 5) is 20.5. The van der Waals surface area contributed by atoms with Gasteiger partial charge in [-0.05, 0) is 31.2 Å². The molecule has 4 heterocycles. The average Bonchev–Trinajstić information content (AvgIpc) is 3.35. The predicted molar refractivity (Wildman–Crippen MR) is 112 cm³/mol. The molecule has 0 bridgehead atoms. The maximum Gasteiger partial charge on any atom is 0.183 e. The standard InChI is InChI=1S/C20H21N7OS/c1-27-10-12(8-23-27)15(11-28)24-19-17-13-4-2-3-5-16(13)29-20(17)26-18(25-19)14-9-21-6-7-22-14/h6-10,15,28H,2-5,11H2,1H3,(H,24,25,26). The van der Waals surface area contributed by atoms with Crippen LogP contribution in [0.3, 0.4) is 0 Å². The van der Waals surface area contributed by atoms with E-state index < -0.39 is 0 Å². The summed E-state index contributed by atoms with van der Waals surface area (Å²) < 4.78 is 1.73. The molecule has 9 heteroatoms. The number of fused-ring (bicyclic) bond motifs is 3. The van der Waals surface area contributed by atoms with Gasteiger partial charge in [-0.1, -0.05) is 0 Å². The SMILES string of the molecule is Cn1cc(C(CO)Nc2nc(-c3cnccn3)nc3sc4c(c23)CCCC4)cn1. The molecule has 148 valence electrons. The van der Waals surface area contributed by atoms with E-state index in [1.165, 1.54) is 23.3 Å². The first kappa shape index (κ1) is 18.1. The summed E-state index contributed by atoms with van der Waals surface area (Å²) in [6.07, 6.45) is 13.1. The lowest BCUT2D eigenvalue weighted by molar-refractivity contribution is 0.276. The number of nitrogens with one attached hydrogen (secondary N) is 1. The van der Waals surface area contributed by atoms with Crippen molar-refractivity contribution in [2.45, 2.75) is 31.7 Å². The highest BCUT2D eigenvalue weighted by Gasteiger charge is 2.24. The Morgan fingerprint density at radius 3 is 2.86 bits per heavy atom. The van der Waals surface area contributed by atoms with Crippen LogP contribution in [0.15, 0.2) is 31.0 Å². The van der Waals surface area contributed by atoms with Crippen molar-refractivity contribution in [3.63, 3.8) is 0 Å². The number of aliphatic hydroxyl groups excluding tert-OH is 1. The van der Waals surface area contributed by atoms with Gasteiger partial charge in [-0.2, -0.15) is 5.10 Å². The van der Waals surface area contributed by atoms with Crippen LogP contribution >= 0.6 is 11.3 Å². The number of anilines is 1. The molecule has 1 unspecified atom stereocenters. The zero-order valence-electron chi connectivity index (χ0n) is 16.0. The summed E-state index contributed by atoms with van der Waals surface area (Å²) >= 11 is 1.74. The van der Waals surface area contributed by atoms with Gasteiger partial charge in [-0.15, -0.1) is 11.3 Å². The van der Waals surface area contributed by atoms with Crippen LogP contribution in [-0.4, -0.2) is 41.4 Å². The van der Waals surface area contributed by atoms with Crippen LogP contribution in [0.2, 0.25) is 0 Å². The Labute approximate surface area is 171 Å². The van der Waals surface area contributed by atoms with Gasteiger partial charge in [0.25, 0.3) is 0 Å². The molecule has 0 radical (unpaired) electrons. The molecule has 0 amide bonds. The molecular weight excluding hydrogens is 386 g/mol. The zero-order chi connectivity index (χ0) is 19.8. The first-order valence-corrected chi connectivity index (χ1v) is 10.5. The summed E-state index contributed by atoms with van der Waals surface area (Å²) in [5.74, 6) is 1.27. The normalized spacial score (nSPS) is 14.7. The van der Waals surface area contributed by atoms with E-state index >= 15 is 0 Å². The third kappa shape index (κ3) is 3.36. The van der Waals surface area contributed by atoms with Crippen LogP contribution in [0.4, 0.5) is 5.82 Å². The molecule has 0 aromatic carbocycles. The lowest BCUT2D eigenvalue weighted by atomic mass is 9.97. The summed E-state index contributed by atoms with van der Waals surface area (Å²) in [5.41, 5.74) is 2.88. The molecule has 4 aromatic heterocycles. The van der Waals surface area contributed by atoms with Gasteiger partial charge in [-0.3, -0.25) is 9.67 Å². The van der Waals surface area contributed by atoms with Gasteiger partial charge in [0.1, 0.15) is 16.3 Å². The molecule has 1 aliphatic carbocycles. The van der Waals surface area contributed by atoms with Gasteiger partial charge in [0.2, 0.25) is 0 Å². The van der Waals surface area contributed by atoms with E-state index in [0.29, 0.717) is 11.5 Å². The van der Waals surface area contributed by atoms with E-state index in [4.69, 9.17) is 9.97 Å². The van der Waals surface area contributed by atoms with Gasteiger partial charge >= 0.3 is 0 Å². The summed E-state index contributed by atoms with van der Waals surface area (Å²) in [7, 11) is 1.86. The van der Waals surface area contributed by atoms with Crippen molar-refractivity contribution < 1.29 is 5.11 Å². The second-order valence-corrected chi connectivity index (χ2v) is 8.29. The monoisotopic (exact) mass is 407 g/mol. The maximum atomic E-state index is 10.0. The lowest BCUT2D eigenvalue weighted by Crippen LogP contribution is -2.16. The minimum atomic E-state index is -0.310. The van der Waals surface area contributed by atoms with Crippen molar-refractivity contribution in [3.8, 4) is 11.5 Å². The van der Waals surface area contributed by atoms with Gasteiger partial charge < -0.3 is 10.4 Å². The number of aliphatic hydroxyl groups is 1. The number of thiophene rings is 1. The Balaban J connectivity index is 1.65. The van der Waals surface area contributed by atoms with Crippen LogP contribution in [0.5, 0.6) is 0 Å². The van der Waals surface area contributed by atoms with Gasteiger partial charge in [0.15, 0.2) is 5.82 Å². The van der Waals surface area contributed by atoms with Crippen LogP contribution in [0, 0.1) is 0 Å². The van der Waals surface area contributed by atoms with Gasteiger partial charge in [0.05, 0.1) is 30.4 Å². The average molecular weight is 408 g/mol. The molecule has 0 spiro atoms. The Bertz CT molecular complexity index is 1150. The van der Waals surface area contributed by atoms with Crippen molar-refractivity contribution >= 4 is 27.4 Å². The fourth-order valence-electron chi connectivity index (χ4n) is 3.81. The molecule has 4 aromatic rings. The van der Waals surface area contributed by atoms with Crippen LogP contribution in [-0.2, 0) is 19.9 Å². The molecular formula is C20H21N7OS. The highest BCUT2D eigenvalue weighted by Crippen LogP contribution is 2.40. The zero-order valence-corrected chi connectivity index (χ0v) is 16.9. The summed E-state index contributed by atoms with van der Waals surface area (Å²) in [6.45, 7) is -0.0655. The van der Waals surface area contributed by atoms with Crippen molar-refractivity contribution in [3.05, 3.63) is 47.0 Å². The van der Waals surface area contributed by atoms with E-state index in [-0.39, 0.29) is 12.6 Å². The van der Waals surface area contributed by atoms with E-state index in [2.05, 4.69) is 20.4 Å². The first-order valence-electron chi connectivity index (χ1n) is 9.67. The topological polar surface area (TPSA) is 102 Å². The first-order chi connectivity index (χ1) is 14.2. The predicted octanol–water partition coefficient (Wildman–Crippen LogP) is 2.91. The maximum absolute atomic E-state index is 10.0. The molecule has 8 nitrogen and oxygen atoms in total. The Morgan fingerprint density at radius 2 is 2.10 bits per heavy atom. The highest BCUT2D eigenvalue weighted by atomic mass is 32.1. The van der Waals surface area contributed by atoms with E-state index in [0.717, 1.165) is 34.4 Å². The number of aromatic nitrogens is 6. The number of rotatable bonds is 5. The van der Waals surface area contributed by atoms with E-state index in [1.54, 1.807) is 40.8 Å². The molecule has 0 saturated heterocycles. The van der Waals surface area contributed by atoms with E-state index in [1.807, 2.05) is 13.2 Å². The molecule has 1 aliphatic rings. The molecule has 5 rings (SSSR count). The van der Waals surface area contributed by atoms with Gasteiger partial charge in [0, 0.05) is 36.1 Å².